The average Bonchev–Trinajstić information content (AvgIpc) is 2.87. The van der Waals surface area contributed by atoms with Crippen molar-refractivity contribution in [3.8, 4) is 0 Å². The van der Waals surface area contributed by atoms with Gasteiger partial charge in [-0.05, 0) is 31.2 Å². The number of carbonyl (C=O) groups excluding carboxylic acids is 2. The number of carbonyl (C=O) groups is 4. The Morgan fingerprint density at radius 1 is 0.600 bits per heavy atom. The Kier molecular flexibility index (Phi) is 22.2. The monoisotopic (exact) mass is 570 g/mol. The number of rotatable bonds is 27. The SMILES string of the molecule is CC(C)C(C=O)NCCCCCCCCCCCCCCCCCC(NC(=O)O)(NC(=O)O)N[C@H](C=O)C(C)C. The first kappa shape index (κ1) is 37.8. The van der Waals surface area contributed by atoms with Crippen LogP contribution in [0.4, 0.5) is 9.59 Å². The van der Waals surface area contributed by atoms with Gasteiger partial charge in [-0.1, -0.05) is 111 Å². The van der Waals surface area contributed by atoms with E-state index in [0.29, 0.717) is 18.6 Å². The van der Waals surface area contributed by atoms with Crippen molar-refractivity contribution in [2.24, 2.45) is 11.8 Å². The minimum atomic E-state index is -1.61. The number of aldehydes is 2. The number of nitrogens with one attached hydrogen (secondary N) is 4. The molecule has 0 aromatic heterocycles. The molecule has 0 aromatic carbocycles. The lowest BCUT2D eigenvalue weighted by atomic mass is 10.0. The van der Waals surface area contributed by atoms with Gasteiger partial charge in [0.05, 0.1) is 12.1 Å². The molecule has 2 amide bonds. The number of amides is 2. The highest BCUT2D eigenvalue weighted by Crippen LogP contribution is 2.17. The van der Waals surface area contributed by atoms with Crippen molar-refractivity contribution in [1.29, 1.82) is 0 Å². The number of hydrogen-bond donors (Lipinski definition) is 6. The summed E-state index contributed by atoms with van der Waals surface area (Å²) >= 11 is 0. The van der Waals surface area contributed by atoms with Gasteiger partial charge in [0.1, 0.15) is 12.6 Å². The van der Waals surface area contributed by atoms with E-state index >= 15 is 0 Å². The number of carboxylic acid groups (broad SMARTS) is 2. The van der Waals surface area contributed by atoms with Crippen LogP contribution >= 0.6 is 0 Å². The van der Waals surface area contributed by atoms with Gasteiger partial charge < -0.3 is 25.1 Å². The van der Waals surface area contributed by atoms with Gasteiger partial charge in [0.25, 0.3) is 0 Å². The van der Waals surface area contributed by atoms with Crippen LogP contribution in [0.15, 0.2) is 0 Å². The third-order valence-electron chi connectivity index (χ3n) is 7.39. The lowest BCUT2D eigenvalue weighted by Gasteiger charge is -2.37. The summed E-state index contributed by atoms with van der Waals surface area (Å²) in [5, 5.41) is 29.3. The third-order valence-corrected chi connectivity index (χ3v) is 7.39. The molecule has 10 heteroatoms. The summed E-state index contributed by atoms with van der Waals surface area (Å²) in [5.74, 6) is -1.40. The first-order chi connectivity index (χ1) is 19.1. The van der Waals surface area contributed by atoms with E-state index in [-0.39, 0.29) is 18.4 Å². The lowest BCUT2D eigenvalue weighted by molar-refractivity contribution is -0.111. The van der Waals surface area contributed by atoms with Crippen molar-refractivity contribution in [2.45, 2.75) is 148 Å². The van der Waals surface area contributed by atoms with Crippen LogP contribution in [-0.2, 0) is 9.59 Å². The summed E-state index contributed by atoms with van der Waals surface area (Å²) in [7, 11) is 0. The van der Waals surface area contributed by atoms with E-state index in [1.807, 2.05) is 0 Å². The fourth-order valence-electron chi connectivity index (χ4n) is 4.83. The zero-order valence-electron chi connectivity index (χ0n) is 25.5. The maximum atomic E-state index is 11.4. The van der Waals surface area contributed by atoms with Gasteiger partial charge in [0.2, 0.25) is 0 Å². The van der Waals surface area contributed by atoms with Gasteiger partial charge in [-0.25, -0.2) is 9.59 Å². The molecule has 0 aromatic rings. The zero-order chi connectivity index (χ0) is 30.2. The van der Waals surface area contributed by atoms with E-state index in [1.54, 1.807) is 13.8 Å². The Balaban J connectivity index is 3.93. The van der Waals surface area contributed by atoms with Gasteiger partial charge in [0, 0.05) is 6.42 Å². The highest BCUT2D eigenvalue weighted by molar-refractivity contribution is 5.70. The second-order valence-corrected chi connectivity index (χ2v) is 11.7. The van der Waals surface area contributed by atoms with Crippen LogP contribution in [0.2, 0.25) is 0 Å². The van der Waals surface area contributed by atoms with Crippen LogP contribution in [0.1, 0.15) is 130 Å². The first-order valence-electron chi connectivity index (χ1n) is 15.5. The van der Waals surface area contributed by atoms with Crippen LogP contribution in [0.3, 0.4) is 0 Å². The minimum Gasteiger partial charge on any atom is -0.465 e. The van der Waals surface area contributed by atoms with Crippen LogP contribution in [-0.4, -0.2) is 59.4 Å². The summed E-state index contributed by atoms with van der Waals surface area (Å²) in [6, 6.07) is -0.717. The molecule has 0 spiro atoms. The molecule has 2 atom stereocenters. The van der Waals surface area contributed by atoms with E-state index in [9.17, 15) is 29.4 Å². The summed E-state index contributed by atoms with van der Waals surface area (Å²) < 4.78 is 0. The molecule has 0 aliphatic carbocycles. The smallest absolute Gasteiger partial charge is 0.407 e. The van der Waals surface area contributed by atoms with Crippen LogP contribution in [0.25, 0.3) is 0 Å². The molecule has 0 fully saturated rings. The zero-order valence-corrected chi connectivity index (χ0v) is 25.5. The summed E-state index contributed by atoms with van der Waals surface area (Å²) in [5.41, 5.74) is 0. The van der Waals surface area contributed by atoms with E-state index in [1.165, 1.54) is 64.2 Å². The fourth-order valence-corrected chi connectivity index (χ4v) is 4.83. The molecular formula is C30H58N4O6. The van der Waals surface area contributed by atoms with Crippen LogP contribution < -0.4 is 21.3 Å². The van der Waals surface area contributed by atoms with Gasteiger partial charge in [-0.2, -0.15) is 0 Å². The molecule has 0 bridgehead atoms. The normalized spacial score (nSPS) is 13.2. The maximum absolute atomic E-state index is 11.4. The Bertz CT molecular complexity index is 673. The topological polar surface area (TPSA) is 157 Å². The molecular weight excluding hydrogens is 512 g/mol. The fraction of sp³-hybridized carbons (Fsp3) is 0.867. The van der Waals surface area contributed by atoms with E-state index < -0.39 is 24.0 Å². The molecule has 0 heterocycles. The highest BCUT2D eigenvalue weighted by atomic mass is 16.4. The van der Waals surface area contributed by atoms with Crippen molar-refractivity contribution in [2.75, 3.05) is 6.54 Å². The van der Waals surface area contributed by atoms with E-state index in [4.69, 9.17) is 0 Å². The molecule has 0 radical (unpaired) electrons. The highest BCUT2D eigenvalue weighted by Gasteiger charge is 2.36. The first-order valence-corrected chi connectivity index (χ1v) is 15.5. The van der Waals surface area contributed by atoms with Crippen molar-refractivity contribution in [3.05, 3.63) is 0 Å². The Morgan fingerprint density at radius 3 is 1.27 bits per heavy atom. The number of unbranched alkanes of at least 4 members (excludes halogenated alkanes) is 14. The molecule has 40 heavy (non-hydrogen) atoms. The molecule has 10 nitrogen and oxygen atoms in total. The van der Waals surface area contributed by atoms with Gasteiger partial charge in [-0.3, -0.25) is 16.0 Å². The molecule has 0 aliphatic rings. The number of hydrogen-bond acceptors (Lipinski definition) is 6. The van der Waals surface area contributed by atoms with Crippen LogP contribution in [0, 0.1) is 11.8 Å². The maximum Gasteiger partial charge on any atom is 0.407 e. The van der Waals surface area contributed by atoms with Crippen LogP contribution in [0.5, 0.6) is 0 Å². The Hall–Kier alpha value is -2.20. The predicted molar refractivity (Wildman–Crippen MR) is 159 cm³/mol. The van der Waals surface area contributed by atoms with Gasteiger partial charge in [-0.15, -0.1) is 0 Å². The molecule has 0 aliphatic heterocycles. The van der Waals surface area contributed by atoms with Crippen molar-refractivity contribution >= 4 is 24.8 Å². The molecule has 1 unspecified atom stereocenters. The Morgan fingerprint density at radius 2 is 0.950 bits per heavy atom. The quantitative estimate of drug-likeness (QED) is 0.0396. The molecule has 234 valence electrons. The van der Waals surface area contributed by atoms with E-state index in [2.05, 4.69) is 35.1 Å². The van der Waals surface area contributed by atoms with Crippen molar-refractivity contribution < 1.29 is 29.4 Å². The van der Waals surface area contributed by atoms with Crippen molar-refractivity contribution in [1.82, 2.24) is 21.3 Å². The molecule has 0 saturated heterocycles. The lowest BCUT2D eigenvalue weighted by Crippen LogP contribution is -2.71. The summed E-state index contributed by atoms with van der Waals surface area (Å²) in [4.78, 5) is 45.2. The predicted octanol–water partition coefficient (Wildman–Crippen LogP) is 6.04. The van der Waals surface area contributed by atoms with Gasteiger partial charge >= 0.3 is 12.2 Å². The van der Waals surface area contributed by atoms with E-state index in [0.717, 1.165) is 38.5 Å². The Labute approximate surface area is 242 Å². The third kappa shape index (κ3) is 19.8. The molecule has 6 N–H and O–H groups in total. The molecule has 0 saturated carbocycles. The average molecular weight is 571 g/mol. The second-order valence-electron chi connectivity index (χ2n) is 11.7. The van der Waals surface area contributed by atoms with Gasteiger partial charge in [0.15, 0.2) is 5.79 Å². The standard InChI is InChI=1S/C30H58N4O6/c1-24(2)26(22-35)31-21-19-17-15-13-11-9-7-5-6-8-10-12-14-16-18-20-30(33-28(37)38,34-29(39)40)32-27(23-36)25(3)4/h22-27,31-34H,5-21H2,1-4H3,(H,37,38)(H,39,40)/t26?,27-/m1/s1. The molecule has 0 rings (SSSR count). The van der Waals surface area contributed by atoms with Crippen molar-refractivity contribution in [3.63, 3.8) is 0 Å². The second kappa shape index (κ2) is 23.5. The largest absolute Gasteiger partial charge is 0.465 e. The summed E-state index contributed by atoms with van der Waals surface area (Å²) in [6.07, 6.45) is 16.4. The summed E-state index contributed by atoms with van der Waals surface area (Å²) in [6.45, 7) is 8.66. The minimum absolute atomic E-state index is 0.0216.